The number of thiol groups is 1. The molecule has 0 aliphatic carbocycles. The first-order valence-electron chi connectivity index (χ1n) is 5.04. The Bertz CT molecular complexity index is 460. The Kier molecular flexibility index (Phi) is 4.83. The lowest BCUT2D eigenvalue weighted by atomic mass is 10.0. The lowest BCUT2D eigenvalue weighted by molar-refractivity contribution is -0.138. The van der Waals surface area contributed by atoms with Gasteiger partial charge in [-0.1, -0.05) is 0 Å². The van der Waals surface area contributed by atoms with Crippen molar-refractivity contribution < 1.29 is 23.4 Å². The van der Waals surface area contributed by atoms with Crippen molar-refractivity contribution in [3.05, 3.63) is 33.7 Å². The van der Waals surface area contributed by atoms with Gasteiger partial charge in [-0.25, -0.2) is 0 Å². The van der Waals surface area contributed by atoms with Crippen molar-refractivity contribution in [2.75, 3.05) is 5.75 Å². The number of H-pyrrole nitrogens is 1. The maximum atomic E-state index is 12.5. The third kappa shape index (κ3) is 3.50. The molecule has 2 unspecified atom stereocenters. The first-order chi connectivity index (χ1) is 8.27. The van der Waals surface area contributed by atoms with Crippen LogP contribution >= 0.6 is 12.6 Å². The van der Waals surface area contributed by atoms with Crippen LogP contribution in [0.3, 0.4) is 0 Å². The normalized spacial score (nSPS) is 15.4. The summed E-state index contributed by atoms with van der Waals surface area (Å²) in [5.74, 6) is 0.272. The first kappa shape index (κ1) is 15.1. The fourth-order valence-electron chi connectivity index (χ4n) is 1.39. The van der Waals surface area contributed by atoms with Crippen LogP contribution < -0.4 is 5.56 Å². The molecule has 0 amide bonds. The van der Waals surface area contributed by atoms with Crippen LogP contribution in [0.2, 0.25) is 0 Å². The molecule has 102 valence electrons. The van der Waals surface area contributed by atoms with E-state index in [0.717, 1.165) is 6.20 Å². The maximum absolute atomic E-state index is 12.5. The molecule has 1 aromatic heterocycles. The van der Waals surface area contributed by atoms with Gasteiger partial charge in [-0.05, 0) is 23.8 Å². The molecule has 0 fully saturated rings. The average molecular weight is 283 g/mol. The number of hydrogen-bond donors (Lipinski definition) is 4. The molecule has 2 atom stereocenters. The summed E-state index contributed by atoms with van der Waals surface area (Å²) in [6.45, 7) is 0. The smallest absolute Gasteiger partial charge is 0.390 e. The number of aliphatic hydroxyl groups excluding tert-OH is 2. The van der Waals surface area contributed by atoms with Crippen LogP contribution in [0.1, 0.15) is 23.7 Å². The Morgan fingerprint density at radius 3 is 2.50 bits per heavy atom. The van der Waals surface area contributed by atoms with Gasteiger partial charge in [0.15, 0.2) is 0 Å². The van der Waals surface area contributed by atoms with Crippen molar-refractivity contribution in [3.63, 3.8) is 0 Å². The van der Waals surface area contributed by atoms with Gasteiger partial charge < -0.3 is 15.2 Å². The molecule has 0 aliphatic heterocycles. The number of nitrogens with one attached hydrogen (secondary N) is 1. The Hall–Kier alpha value is -0.990. The van der Waals surface area contributed by atoms with Gasteiger partial charge in [0.1, 0.15) is 11.7 Å². The van der Waals surface area contributed by atoms with Crippen LogP contribution in [0.5, 0.6) is 0 Å². The van der Waals surface area contributed by atoms with Crippen LogP contribution in [-0.4, -0.2) is 27.1 Å². The summed E-state index contributed by atoms with van der Waals surface area (Å²) in [5, 5.41) is 19.1. The van der Waals surface area contributed by atoms with Crippen molar-refractivity contribution in [1.82, 2.24) is 4.98 Å². The van der Waals surface area contributed by atoms with Gasteiger partial charge in [-0.15, -0.1) is 0 Å². The number of pyridine rings is 1. The second-order valence-corrected chi connectivity index (χ2v) is 4.15. The molecule has 1 rings (SSSR count). The van der Waals surface area contributed by atoms with E-state index < -0.39 is 29.5 Å². The van der Waals surface area contributed by atoms with Gasteiger partial charge in [-0.2, -0.15) is 25.8 Å². The van der Waals surface area contributed by atoms with E-state index in [4.69, 9.17) is 0 Å². The molecule has 0 spiro atoms. The van der Waals surface area contributed by atoms with Crippen LogP contribution in [0, 0.1) is 0 Å². The van der Waals surface area contributed by atoms with Gasteiger partial charge in [-0.3, -0.25) is 4.79 Å². The summed E-state index contributed by atoms with van der Waals surface area (Å²) in [7, 11) is 0. The minimum absolute atomic E-state index is 0.116. The second-order valence-electron chi connectivity index (χ2n) is 3.70. The predicted octanol–water partition coefficient (Wildman–Crippen LogP) is 1.11. The molecule has 3 N–H and O–H groups in total. The summed E-state index contributed by atoms with van der Waals surface area (Å²) in [4.78, 5) is 12.9. The van der Waals surface area contributed by atoms with E-state index >= 15 is 0 Å². The number of aromatic amines is 1. The van der Waals surface area contributed by atoms with E-state index in [1.165, 1.54) is 0 Å². The Morgan fingerprint density at radius 1 is 1.39 bits per heavy atom. The highest BCUT2D eigenvalue weighted by Crippen LogP contribution is 2.28. The van der Waals surface area contributed by atoms with Gasteiger partial charge in [0.2, 0.25) is 0 Å². The minimum atomic E-state index is -4.81. The standard InChI is InChI=1S/C10H12F3NO3S/c11-10(12,13)6-3-5(4-14-9(6)17)8(16)7(15)1-2-18/h3-4,7-8,15-16,18H,1-2H2,(H,14,17). The summed E-state index contributed by atoms with van der Waals surface area (Å²) in [6.07, 6.45) is -6.49. The lowest BCUT2D eigenvalue weighted by Crippen LogP contribution is -2.24. The fourth-order valence-corrected chi connectivity index (χ4v) is 1.66. The third-order valence-electron chi connectivity index (χ3n) is 2.36. The monoisotopic (exact) mass is 283 g/mol. The Morgan fingerprint density at radius 2 is 2.00 bits per heavy atom. The van der Waals surface area contributed by atoms with E-state index in [9.17, 15) is 28.2 Å². The lowest BCUT2D eigenvalue weighted by Gasteiger charge is -2.18. The molecule has 8 heteroatoms. The zero-order chi connectivity index (χ0) is 13.9. The zero-order valence-electron chi connectivity index (χ0n) is 9.11. The molecule has 0 saturated carbocycles. The quantitative estimate of drug-likeness (QED) is 0.625. The van der Waals surface area contributed by atoms with Gasteiger partial charge in [0.05, 0.1) is 6.10 Å². The molecule has 18 heavy (non-hydrogen) atoms. The zero-order valence-corrected chi connectivity index (χ0v) is 10.0. The highest BCUT2D eigenvalue weighted by atomic mass is 32.1. The van der Waals surface area contributed by atoms with Crippen molar-refractivity contribution >= 4 is 12.6 Å². The van der Waals surface area contributed by atoms with Gasteiger partial charge in [0, 0.05) is 6.20 Å². The summed E-state index contributed by atoms with van der Waals surface area (Å²) >= 11 is 3.84. The SMILES string of the molecule is O=c1[nH]cc(C(O)C(O)CCS)cc1C(F)(F)F. The fraction of sp³-hybridized carbons (Fsp3) is 0.500. The number of aromatic nitrogens is 1. The number of aliphatic hydroxyl groups is 2. The number of rotatable bonds is 4. The molecule has 4 nitrogen and oxygen atoms in total. The molecule has 1 heterocycles. The highest BCUT2D eigenvalue weighted by molar-refractivity contribution is 7.80. The van der Waals surface area contributed by atoms with Crippen LogP contribution in [-0.2, 0) is 6.18 Å². The largest absolute Gasteiger partial charge is 0.421 e. The highest BCUT2D eigenvalue weighted by Gasteiger charge is 2.35. The number of halogens is 3. The van der Waals surface area contributed by atoms with Crippen molar-refractivity contribution in [3.8, 4) is 0 Å². The van der Waals surface area contributed by atoms with E-state index in [0.29, 0.717) is 6.07 Å². The molecular weight excluding hydrogens is 271 g/mol. The Balaban J connectivity index is 3.09. The van der Waals surface area contributed by atoms with E-state index in [2.05, 4.69) is 12.6 Å². The number of alkyl halides is 3. The summed E-state index contributed by atoms with van der Waals surface area (Å²) in [5.41, 5.74) is -2.89. The van der Waals surface area contributed by atoms with Gasteiger partial charge >= 0.3 is 6.18 Å². The molecule has 0 aromatic carbocycles. The minimum Gasteiger partial charge on any atom is -0.390 e. The summed E-state index contributed by atoms with van der Waals surface area (Å²) < 4.78 is 37.4. The predicted molar refractivity (Wildman–Crippen MR) is 61.5 cm³/mol. The molecule has 1 aromatic rings. The third-order valence-corrected chi connectivity index (χ3v) is 2.62. The van der Waals surface area contributed by atoms with Crippen LogP contribution in [0.25, 0.3) is 0 Å². The average Bonchev–Trinajstić information content (AvgIpc) is 2.27. The van der Waals surface area contributed by atoms with E-state index in [1.54, 1.807) is 0 Å². The molecular formula is C10H12F3NO3S. The molecule has 0 aliphatic rings. The van der Waals surface area contributed by atoms with Crippen molar-refractivity contribution in [1.29, 1.82) is 0 Å². The maximum Gasteiger partial charge on any atom is 0.421 e. The Labute approximate surface area is 106 Å². The molecule has 0 radical (unpaired) electrons. The molecule has 0 saturated heterocycles. The number of hydrogen-bond acceptors (Lipinski definition) is 4. The first-order valence-corrected chi connectivity index (χ1v) is 5.67. The van der Waals surface area contributed by atoms with Crippen LogP contribution in [0.15, 0.2) is 17.1 Å². The molecule has 0 bridgehead atoms. The summed E-state index contributed by atoms with van der Waals surface area (Å²) in [6, 6.07) is 0.533. The van der Waals surface area contributed by atoms with Crippen molar-refractivity contribution in [2.24, 2.45) is 0 Å². The van der Waals surface area contributed by atoms with E-state index in [1.807, 2.05) is 4.98 Å². The van der Waals surface area contributed by atoms with E-state index in [-0.39, 0.29) is 17.7 Å². The van der Waals surface area contributed by atoms with Gasteiger partial charge in [0.25, 0.3) is 5.56 Å². The second kappa shape index (κ2) is 5.77. The van der Waals surface area contributed by atoms with Crippen molar-refractivity contribution in [2.45, 2.75) is 24.8 Å². The van der Waals surface area contributed by atoms with Crippen LogP contribution in [0.4, 0.5) is 13.2 Å². The topological polar surface area (TPSA) is 73.3 Å².